The largest absolute Gasteiger partial charge is 0.296 e. The number of nitrogens with zero attached hydrogens (tertiary/aromatic N) is 1. The van der Waals surface area contributed by atoms with Crippen molar-refractivity contribution in [1.82, 2.24) is 4.90 Å². The standard InChI is InChI=1S/C13H17N.ClH/c1-2-6-12-11(5-1)8-10-14-9-4-3-7-13(12)14;/h1-2,5-6,13H,3-4,7-10H2;1H. The Bertz CT molecular complexity index is 337. The van der Waals surface area contributed by atoms with E-state index in [1.54, 1.807) is 11.1 Å². The van der Waals surface area contributed by atoms with Gasteiger partial charge in [0.25, 0.3) is 0 Å². The highest BCUT2D eigenvalue weighted by atomic mass is 35.5. The van der Waals surface area contributed by atoms with Gasteiger partial charge in [-0.1, -0.05) is 30.7 Å². The van der Waals surface area contributed by atoms with Crippen LogP contribution in [0.5, 0.6) is 0 Å². The lowest BCUT2D eigenvalue weighted by Gasteiger charge is -2.40. The van der Waals surface area contributed by atoms with Crippen LogP contribution < -0.4 is 0 Å². The zero-order valence-corrected chi connectivity index (χ0v) is 9.80. The molecule has 1 fully saturated rings. The summed E-state index contributed by atoms with van der Waals surface area (Å²) in [6.45, 7) is 2.60. The Morgan fingerprint density at radius 2 is 1.93 bits per heavy atom. The summed E-state index contributed by atoms with van der Waals surface area (Å²) < 4.78 is 0. The average molecular weight is 224 g/mol. The van der Waals surface area contributed by atoms with Crippen LogP contribution >= 0.6 is 12.4 Å². The van der Waals surface area contributed by atoms with Gasteiger partial charge in [0, 0.05) is 12.6 Å². The summed E-state index contributed by atoms with van der Waals surface area (Å²) in [5.41, 5.74) is 3.20. The van der Waals surface area contributed by atoms with Crippen LogP contribution in [0.1, 0.15) is 36.4 Å². The van der Waals surface area contributed by atoms with E-state index in [-0.39, 0.29) is 12.4 Å². The van der Waals surface area contributed by atoms with E-state index in [0.29, 0.717) is 0 Å². The van der Waals surface area contributed by atoms with Crippen molar-refractivity contribution in [2.45, 2.75) is 31.7 Å². The fourth-order valence-electron chi connectivity index (χ4n) is 2.96. The number of rotatable bonds is 0. The fourth-order valence-corrected chi connectivity index (χ4v) is 2.96. The summed E-state index contributed by atoms with van der Waals surface area (Å²) in [6.07, 6.45) is 5.44. The Hall–Kier alpha value is -0.530. The smallest absolute Gasteiger partial charge is 0.0350 e. The highest BCUT2D eigenvalue weighted by Gasteiger charge is 2.28. The third-order valence-electron chi connectivity index (χ3n) is 3.70. The molecule has 0 spiro atoms. The maximum Gasteiger partial charge on any atom is 0.0350 e. The minimum atomic E-state index is 0. The first-order valence-corrected chi connectivity index (χ1v) is 5.77. The van der Waals surface area contributed by atoms with E-state index in [9.17, 15) is 0 Å². The summed E-state index contributed by atoms with van der Waals surface area (Å²) in [5, 5.41) is 0. The van der Waals surface area contributed by atoms with E-state index < -0.39 is 0 Å². The van der Waals surface area contributed by atoms with Gasteiger partial charge in [0.1, 0.15) is 0 Å². The summed E-state index contributed by atoms with van der Waals surface area (Å²) >= 11 is 0. The van der Waals surface area contributed by atoms with Crippen molar-refractivity contribution in [2.24, 2.45) is 0 Å². The summed E-state index contributed by atoms with van der Waals surface area (Å²) in [5.74, 6) is 0. The third kappa shape index (κ3) is 1.91. The van der Waals surface area contributed by atoms with E-state index in [1.165, 1.54) is 38.8 Å². The van der Waals surface area contributed by atoms with Crippen molar-refractivity contribution in [1.29, 1.82) is 0 Å². The maximum atomic E-state index is 2.67. The van der Waals surface area contributed by atoms with Gasteiger partial charge in [0.2, 0.25) is 0 Å². The van der Waals surface area contributed by atoms with E-state index in [1.807, 2.05) is 0 Å². The number of hydrogen-bond donors (Lipinski definition) is 0. The Balaban J connectivity index is 0.000000853. The van der Waals surface area contributed by atoms with Gasteiger partial charge in [-0.15, -0.1) is 12.4 Å². The molecule has 0 amide bonds. The zero-order valence-electron chi connectivity index (χ0n) is 8.98. The number of fused-ring (bicyclic) bond motifs is 3. The normalized spacial score (nSPS) is 24.9. The van der Waals surface area contributed by atoms with Gasteiger partial charge in [0.05, 0.1) is 0 Å². The first-order chi connectivity index (χ1) is 6.95. The maximum absolute atomic E-state index is 2.67. The molecule has 1 saturated heterocycles. The minimum Gasteiger partial charge on any atom is -0.296 e. The van der Waals surface area contributed by atoms with Crippen molar-refractivity contribution in [3.8, 4) is 0 Å². The van der Waals surface area contributed by atoms with Crippen molar-refractivity contribution >= 4 is 12.4 Å². The molecule has 2 aliphatic rings. The number of piperidine rings is 1. The van der Waals surface area contributed by atoms with E-state index in [4.69, 9.17) is 0 Å². The van der Waals surface area contributed by atoms with Gasteiger partial charge in [-0.25, -0.2) is 0 Å². The fraction of sp³-hybridized carbons (Fsp3) is 0.538. The van der Waals surface area contributed by atoms with E-state index in [2.05, 4.69) is 29.2 Å². The van der Waals surface area contributed by atoms with Crippen LogP contribution in [0.25, 0.3) is 0 Å². The second-order valence-corrected chi connectivity index (χ2v) is 4.50. The molecule has 2 aliphatic heterocycles. The van der Waals surface area contributed by atoms with Crippen LogP contribution in [0.4, 0.5) is 0 Å². The van der Waals surface area contributed by atoms with Crippen molar-refractivity contribution in [2.75, 3.05) is 13.1 Å². The summed E-state index contributed by atoms with van der Waals surface area (Å²) in [4.78, 5) is 2.67. The molecule has 1 unspecified atom stereocenters. The molecule has 0 N–H and O–H groups in total. The Morgan fingerprint density at radius 1 is 1.07 bits per heavy atom. The third-order valence-corrected chi connectivity index (χ3v) is 3.70. The van der Waals surface area contributed by atoms with Crippen LogP contribution in [-0.2, 0) is 6.42 Å². The molecule has 2 heteroatoms. The second kappa shape index (κ2) is 4.54. The average Bonchev–Trinajstić information content (AvgIpc) is 2.29. The number of hydrogen-bond acceptors (Lipinski definition) is 1. The van der Waals surface area contributed by atoms with Gasteiger partial charge in [-0.3, -0.25) is 4.90 Å². The van der Waals surface area contributed by atoms with Gasteiger partial charge in [0.15, 0.2) is 0 Å². The monoisotopic (exact) mass is 223 g/mol. The lowest BCUT2D eigenvalue weighted by molar-refractivity contribution is 0.138. The number of benzene rings is 1. The molecule has 0 bridgehead atoms. The van der Waals surface area contributed by atoms with Gasteiger partial charge in [-0.05, 0) is 36.9 Å². The second-order valence-electron chi connectivity index (χ2n) is 4.50. The minimum absolute atomic E-state index is 0. The highest BCUT2D eigenvalue weighted by molar-refractivity contribution is 5.85. The van der Waals surface area contributed by atoms with Crippen LogP contribution in [-0.4, -0.2) is 18.0 Å². The molecule has 82 valence electrons. The Labute approximate surface area is 97.9 Å². The van der Waals surface area contributed by atoms with Crippen molar-refractivity contribution < 1.29 is 0 Å². The molecule has 1 atom stereocenters. The van der Waals surface area contributed by atoms with Gasteiger partial charge >= 0.3 is 0 Å². The van der Waals surface area contributed by atoms with Crippen LogP contribution in [0.3, 0.4) is 0 Å². The lowest BCUT2D eigenvalue weighted by atomic mass is 9.87. The first-order valence-electron chi connectivity index (χ1n) is 5.77. The molecule has 3 rings (SSSR count). The lowest BCUT2D eigenvalue weighted by Crippen LogP contribution is -2.38. The van der Waals surface area contributed by atoms with Crippen molar-refractivity contribution in [3.05, 3.63) is 35.4 Å². The predicted molar refractivity (Wildman–Crippen MR) is 65.6 cm³/mol. The summed E-state index contributed by atoms with van der Waals surface area (Å²) in [7, 11) is 0. The van der Waals surface area contributed by atoms with Crippen LogP contribution in [0.2, 0.25) is 0 Å². The molecule has 1 nitrogen and oxygen atoms in total. The van der Waals surface area contributed by atoms with Gasteiger partial charge < -0.3 is 0 Å². The predicted octanol–water partition coefficient (Wildman–Crippen LogP) is 3.19. The van der Waals surface area contributed by atoms with Crippen molar-refractivity contribution in [3.63, 3.8) is 0 Å². The molecule has 1 aromatic rings. The van der Waals surface area contributed by atoms with Gasteiger partial charge in [-0.2, -0.15) is 0 Å². The number of halogens is 1. The Morgan fingerprint density at radius 3 is 2.87 bits per heavy atom. The van der Waals surface area contributed by atoms with Crippen LogP contribution in [0, 0.1) is 0 Å². The molecule has 0 aromatic heterocycles. The molecular weight excluding hydrogens is 206 g/mol. The topological polar surface area (TPSA) is 3.24 Å². The van der Waals surface area contributed by atoms with E-state index in [0.717, 1.165) is 6.04 Å². The highest BCUT2D eigenvalue weighted by Crippen LogP contribution is 2.35. The summed E-state index contributed by atoms with van der Waals surface area (Å²) in [6, 6.07) is 9.75. The molecular formula is C13H18ClN. The Kier molecular flexibility index (Phi) is 3.32. The molecule has 2 heterocycles. The first kappa shape index (κ1) is 11.0. The molecule has 0 radical (unpaired) electrons. The van der Waals surface area contributed by atoms with E-state index >= 15 is 0 Å². The molecule has 0 saturated carbocycles. The van der Waals surface area contributed by atoms with Crippen LogP contribution in [0.15, 0.2) is 24.3 Å². The molecule has 1 aromatic carbocycles. The zero-order chi connectivity index (χ0) is 9.38. The SMILES string of the molecule is Cl.c1ccc2c(c1)CCN1CCCCC21. The molecule has 0 aliphatic carbocycles. The molecule has 15 heavy (non-hydrogen) atoms. The quantitative estimate of drug-likeness (QED) is 0.653.